The summed E-state index contributed by atoms with van der Waals surface area (Å²) in [6, 6.07) is 3.45. The van der Waals surface area contributed by atoms with Crippen LogP contribution in [0.5, 0.6) is 0 Å². The van der Waals surface area contributed by atoms with Gasteiger partial charge >= 0.3 is 0 Å². The molecule has 1 aromatic rings. The van der Waals surface area contributed by atoms with Gasteiger partial charge in [-0.2, -0.15) is 0 Å². The minimum absolute atomic E-state index is 0.508. The number of pyridine rings is 1. The average Bonchev–Trinajstić information content (AvgIpc) is 2.24. The van der Waals surface area contributed by atoms with Crippen molar-refractivity contribution in [3.63, 3.8) is 0 Å². The first kappa shape index (κ1) is 13.3. The van der Waals surface area contributed by atoms with Gasteiger partial charge in [0, 0.05) is 48.8 Å². The molecule has 0 spiro atoms. The normalized spacial score (nSPS) is 15.8. The van der Waals surface area contributed by atoms with Crippen LogP contribution in [0.25, 0.3) is 0 Å². The molecule has 3 nitrogen and oxygen atoms in total. The smallest absolute Gasteiger partial charge is 0.0445 e. The van der Waals surface area contributed by atoms with Crippen LogP contribution in [0.2, 0.25) is 0 Å². The highest BCUT2D eigenvalue weighted by atomic mass is 15.1. The van der Waals surface area contributed by atoms with Crippen LogP contribution >= 0.6 is 0 Å². The van der Waals surface area contributed by atoms with Crippen LogP contribution in [-0.4, -0.2) is 24.1 Å². The molecule has 0 radical (unpaired) electrons. The average molecular weight is 247 g/mol. The maximum atomic E-state index is 4.44. The van der Waals surface area contributed by atoms with Crippen LogP contribution in [0, 0.1) is 6.92 Å². The third-order valence-corrected chi connectivity index (χ3v) is 3.80. The molecule has 0 atom stereocenters. The molecule has 1 aliphatic rings. The quantitative estimate of drug-likeness (QED) is 0.867. The molecule has 1 aliphatic carbocycles. The second-order valence-corrected chi connectivity index (χ2v) is 5.69. The lowest BCUT2D eigenvalue weighted by Crippen LogP contribution is -2.38. The fourth-order valence-electron chi connectivity index (χ4n) is 2.32. The Morgan fingerprint density at radius 2 is 2.17 bits per heavy atom. The van der Waals surface area contributed by atoms with Crippen molar-refractivity contribution in [2.24, 2.45) is 0 Å². The molecule has 0 aliphatic heterocycles. The second kappa shape index (κ2) is 5.70. The van der Waals surface area contributed by atoms with Crippen molar-refractivity contribution in [2.75, 3.05) is 11.9 Å². The monoisotopic (exact) mass is 247 g/mol. The third-order valence-electron chi connectivity index (χ3n) is 3.80. The van der Waals surface area contributed by atoms with Crippen LogP contribution in [0.1, 0.15) is 44.4 Å². The molecule has 3 heteroatoms. The summed E-state index contributed by atoms with van der Waals surface area (Å²) in [5.74, 6) is 0. The lowest BCUT2D eigenvalue weighted by molar-refractivity contribution is 0.400. The Balaban J connectivity index is 2.16. The first-order valence-corrected chi connectivity index (χ1v) is 6.99. The van der Waals surface area contributed by atoms with Crippen molar-refractivity contribution in [3.05, 3.63) is 23.5 Å². The zero-order valence-electron chi connectivity index (χ0n) is 12.0. The van der Waals surface area contributed by atoms with Crippen molar-refractivity contribution in [1.82, 2.24) is 10.3 Å². The molecule has 2 rings (SSSR count). The van der Waals surface area contributed by atoms with Gasteiger partial charge in [-0.1, -0.05) is 13.8 Å². The maximum Gasteiger partial charge on any atom is 0.0445 e. The van der Waals surface area contributed by atoms with Crippen molar-refractivity contribution >= 4 is 5.69 Å². The number of aromatic nitrogens is 1. The topological polar surface area (TPSA) is 28.2 Å². The van der Waals surface area contributed by atoms with Gasteiger partial charge < -0.3 is 10.2 Å². The molecule has 0 amide bonds. The Morgan fingerprint density at radius 1 is 1.44 bits per heavy atom. The van der Waals surface area contributed by atoms with Gasteiger partial charge in [0.1, 0.15) is 0 Å². The van der Waals surface area contributed by atoms with Gasteiger partial charge in [0.25, 0.3) is 0 Å². The predicted octanol–water partition coefficient (Wildman–Crippen LogP) is 2.88. The van der Waals surface area contributed by atoms with Gasteiger partial charge in [-0.3, -0.25) is 4.98 Å². The summed E-state index contributed by atoms with van der Waals surface area (Å²) >= 11 is 0. The fraction of sp³-hybridized carbons (Fsp3) is 0.667. The standard InChI is InChI=1S/C15H25N3/c1-11(2)16-9-13-10-17-12(3)8-15(13)18(4)14-6-5-7-14/h8,10-11,14,16H,5-7,9H2,1-4H3. The highest BCUT2D eigenvalue weighted by Gasteiger charge is 2.23. The van der Waals surface area contributed by atoms with Crippen LogP contribution in [0.3, 0.4) is 0 Å². The number of nitrogens with zero attached hydrogens (tertiary/aromatic N) is 2. The summed E-state index contributed by atoms with van der Waals surface area (Å²) in [5, 5.41) is 3.48. The van der Waals surface area contributed by atoms with Gasteiger partial charge in [0.2, 0.25) is 0 Å². The van der Waals surface area contributed by atoms with Gasteiger partial charge in [0.05, 0.1) is 0 Å². The largest absolute Gasteiger partial charge is 0.371 e. The molecule has 1 N–H and O–H groups in total. The van der Waals surface area contributed by atoms with E-state index in [1.807, 2.05) is 6.20 Å². The van der Waals surface area contributed by atoms with E-state index < -0.39 is 0 Å². The number of rotatable bonds is 5. The second-order valence-electron chi connectivity index (χ2n) is 5.69. The van der Waals surface area contributed by atoms with Crippen LogP contribution in [0.15, 0.2) is 12.3 Å². The van der Waals surface area contributed by atoms with Gasteiger partial charge in [0.15, 0.2) is 0 Å². The molecule has 0 saturated heterocycles. The van der Waals surface area contributed by atoms with E-state index in [2.05, 4.69) is 49.1 Å². The zero-order chi connectivity index (χ0) is 13.1. The van der Waals surface area contributed by atoms with E-state index in [-0.39, 0.29) is 0 Å². The summed E-state index contributed by atoms with van der Waals surface area (Å²) in [5.41, 5.74) is 3.76. The van der Waals surface area contributed by atoms with Crippen molar-refractivity contribution in [3.8, 4) is 0 Å². The van der Waals surface area contributed by atoms with E-state index in [9.17, 15) is 0 Å². The fourth-order valence-corrected chi connectivity index (χ4v) is 2.32. The van der Waals surface area contributed by atoms with Crippen LogP contribution < -0.4 is 10.2 Å². The number of hydrogen-bond acceptors (Lipinski definition) is 3. The Hall–Kier alpha value is -1.09. The molecule has 0 aromatic carbocycles. The Labute approximate surface area is 111 Å². The third kappa shape index (κ3) is 3.02. The molecule has 1 heterocycles. The zero-order valence-corrected chi connectivity index (χ0v) is 12.0. The van der Waals surface area contributed by atoms with Crippen molar-refractivity contribution in [1.29, 1.82) is 0 Å². The Morgan fingerprint density at radius 3 is 2.72 bits per heavy atom. The number of nitrogens with one attached hydrogen (secondary N) is 1. The molecule has 0 unspecified atom stereocenters. The Kier molecular flexibility index (Phi) is 4.23. The van der Waals surface area contributed by atoms with Crippen LogP contribution in [-0.2, 0) is 6.54 Å². The van der Waals surface area contributed by atoms with E-state index in [1.165, 1.54) is 30.5 Å². The summed E-state index contributed by atoms with van der Waals surface area (Å²) < 4.78 is 0. The number of hydrogen-bond donors (Lipinski definition) is 1. The minimum atomic E-state index is 0.508. The van der Waals surface area contributed by atoms with E-state index in [0.29, 0.717) is 6.04 Å². The van der Waals surface area contributed by atoms with Gasteiger partial charge in [-0.15, -0.1) is 0 Å². The molecular weight excluding hydrogens is 222 g/mol. The molecular formula is C15H25N3. The molecule has 18 heavy (non-hydrogen) atoms. The molecule has 1 fully saturated rings. The SMILES string of the molecule is Cc1cc(N(C)C2CCC2)c(CNC(C)C)cn1. The van der Waals surface area contributed by atoms with Gasteiger partial charge in [-0.25, -0.2) is 0 Å². The first-order valence-electron chi connectivity index (χ1n) is 6.99. The van der Waals surface area contributed by atoms with E-state index in [4.69, 9.17) is 0 Å². The van der Waals surface area contributed by atoms with Crippen molar-refractivity contribution < 1.29 is 0 Å². The number of aryl methyl sites for hydroxylation is 1. The lowest BCUT2D eigenvalue weighted by atomic mass is 9.91. The predicted molar refractivity (Wildman–Crippen MR) is 77.0 cm³/mol. The van der Waals surface area contributed by atoms with E-state index >= 15 is 0 Å². The van der Waals surface area contributed by atoms with Crippen LogP contribution in [0.4, 0.5) is 5.69 Å². The summed E-state index contributed by atoms with van der Waals surface area (Å²) in [6.45, 7) is 7.32. The first-order chi connectivity index (χ1) is 8.58. The maximum absolute atomic E-state index is 4.44. The molecule has 100 valence electrons. The molecule has 1 saturated carbocycles. The number of anilines is 1. The lowest BCUT2D eigenvalue weighted by Gasteiger charge is -2.37. The Bertz CT molecular complexity index is 397. The van der Waals surface area contributed by atoms with E-state index in [1.54, 1.807) is 0 Å². The summed E-state index contributed by atoms with van der Waals surface area (Å²) in [7, 11) is 2.22. The highest BCUT2D eigenvalue weighted by Crippen LogP contribution is 2.30. The highest BCUT2D eigenvalue weighted by molar-refractivity contribution is 5.54. The minimum Gasteiger partial charge on any atom is -0.371 e. The van der Waals surface area contributed by atoms with Gasteiger partial charge in [-0.05, 0) is 32.3 Å². The molecule has 0 bridgehead atoms. The summed E-state index contributed by atoms with van der Waals surface area (Å²) in [6.07, 6.45) is 6.05. The van der Waals surface area contributed by atoms with Crippen molar-refractivity contribution in [2.45, 2.75) is 58.7 Å². The summed E-state index contributed by atoms with van der Waals surface area (Å²) in [4.78, 5) is 6.88. The van der Waals surface area contributed by atoms with E-state index in [0.717, 1.165) is 18.3 Å². The molecule has 1 aromatic heterocycles.